The lowest BCUT2D eigenvalue weighted by Gasteiger charge is -2.36. The quantitative estimate of drug-likeness (QED) is 0.854. The van der Waals surface area contributed by atoms with Gasteiger partial charge in [-0.2, -0.15) is 0 Å². The van der Waals surface area contributed by atoms with Crippen molar-refractivity contribution >= 4 is 5.69 Å². The number of aromatic nitrogens is 2. The monoisotopic (exact) mass is 244 g/mol. The van der Waals surface area contributed by atoms with E-state index in [4.69, 9.17) is 10.5 Å². The number of para-hydroxylation sites is 2. The molecule has 1 aromatic heterocycles. The molecule has 94 valence electrons. The van der Waals surface area contributed by atoms with Gasteiger partial charge in [-0.25, -0.2) is 4.98 Å². The van der Waals surface area contributed by atoms with Crippen LogP contribution in [0.15, 0.2) is 36.8 Å². The van der Waals surface area contributed by atoms with Crippen molar-refractivity contribution in [2.75, 3.05) is 24.6 Å². The summed E-state index contributed by atoms with van der Waals surface area (Å²) in [6, 6.07) is 8.16. The van der Waals surface area contributed by atoms with Crippen LogP contribution < -0.4 is 15.4 Å². The first-order valence-electron chi connectivity index (χ1n) is 6.07. The number of nitrogens with two attached hydrogens (primary N) is 1. The number of anilines is 1. The van der Waals surface area contributed by atoms with Gasteiger partial charge in [-0.1, -0.05) is 12.1 Å². The summed E-state index contributed by atoms with van der Waals surface area (Å²) in [4.78, 5) is 9.49. The van der Waals surface area contributed by atoms with Gasteiger partial charge in [0.2, 0.25) is 0 Å². The Labute approximate surface area is 106 Å². The lowest BCUT2D eigenvalue weighted by Crippen LogP contribution is -2.39. The molecule has 1 aliphatic heterocycles. The average Bonchev–Trinajstić information content (AvgIpc) is 2.94. The molecule has 0 aliphatic carbocycles. The maximum Gasteiger partial charge on any atom is 0.142 e. The average molecular weight is 244 g/mol. The lowest BCUT2D eigenvalue weighted by molar-refractivity contribution is 0.300. The van der Waals surface area contributed by atoms with Crippen LogP contribution in [0.5, 0.6) is 5.75 Å². The van der Waals surface area contributed by atoms with E-state index in [0.717, 1.165) is 23.7 Å². The molecule has 0 radical (unpaired) electrons. The van der Waals surface area contributed by atoms with Crippen molar-refractivity contribution < 1.29 is 4.74 Å². The smallest absolute Gasteiger partial charge is 0.142 e. The molecule has 0 saturated heterocycles. The van der Waals surface area contributed by atoms with Gasteiger partial charge in [-0.05, 0) is 12.1 Å². The topological polar surface area (TPSA) is 67.2 Å². The van der Waals surface area contributed by atoms with Crippen LogP contribution in [0.3, 0.4) is 0 Å². The molecule has 1 aromatic carbocycles. The normalized spacial score (nSPS) is 15.9. The molecule has 2 heterocycles. The van der Waals surface area contributed by atoms with Crippen LogP contribution in [0.4, 0.5) is 5.69 Å². The number of benzene rings is 1. The fraction of sp³-hybridized carbons (Fsp3) is 0.308. The minimum Gasteiger partial charge on any atom is -0.490 e. The molecule has 0 spiro atoms. The summed E-state index contributed by atoms with van der Waals surface area (Å²) in [5.74, 6) is 0.918. The van der Waals surface area contributed by atoms with Gasteiger partial charge < -0.3 is 20.4 Å². The maximum atomic E-state index is 5.92. The van der Waals surface area contributed by atoms with Crippen molar-refractivity contribution in [3.63, 3.8) is 0 Å². The predicted octanol–water partition coefficient (Wildman–Crippen LogP) is 1.31. The minimum atomic E-state index is 0.109. The van der Waals surface area contributed by atoms with E-state index in [9.17, 15) is 0 Å². The molecule has 3 N–H and O–H groups in total. The van der Waals surface area contributed by atoms with Crippen LogP contribution in [-0.4, -0.2) is 29.7 Å². The molecule has 1 aliphatic rings. The zero-order valence-electron chi connectivity index (χ0n) is 10.0. The first-order valence-corrected chi connectivity index (χ1v) is 6.07. The Balaban J connectivity index is 1.97. The third-order valence-electron chi connectivity index (χ3n) is 3.24. The largest absolute Gasteiger partial charge is 0.490 e. The molecular formula is C13H16N4O. The van der Waals surface area contributed by atoms with E-state index < -0.39 is 0 Å². The van der Waals surface area contributed by atoms with Gasteiger partial charge >= 0.3 is 0 Å². The highest BCUT2D eigenvalue weighted by Crippen LogP contribution is 2.35. The van der Waals surface area contributed by atoms with E-state index in [2.05, 4.69) is 20.9 Å². The number of rotatable bonds is 3. The Bertz CT molecular complexity index is 511. The van der Waals surface area contributed by atoms with Crippen LogP contribution in [-0.2, 0) is 0 Å². The van der Waals surface area contributed by atoms with E-state index >= 15 is 0 Å². The molecule has 0 amide bonds. The molecule has 5 heteroatoms. The Morgan fingerprint density at radius 2 is 2.33 bits per heavy atom. The van der Waals surface area contributed by atoms with Crippen LogP contribution in [0.1, 0.15) is 11.7 Å². The second-order valence-electron chi connectivity index (χ2n) is 4.27. The molecule has 0 unspecified atom stereocenters. The van der Waals surface area contributed by atoms with Crippen LogP contribution in [0, 0.1) is 0 Å². The van der Waals surface area contributed by atoms with E-state index in [1.807, 2.05) is 24.4 Å². The highest BCUT2D eigenvalue weighted by atomic mass is 16.5. The summed E-state index contributed by atoms with van der Waals surface area (Å²) < 4.78 is 5.66. The molecule has 2 aromatic rings. The van der Waals surface area contributed by atoms with Gasteiger partial charge in [0.15, 0.2) is 0 Å². The molecule has 0 bridgehead atoms. The van der Waals surface area contributed by atoms with Crippen LogP contribution in [0.2, 0.25) is 0 Å². The van der Waals surface area contributed by atoms with Crippen LogP contribution in [0.25, 0.3) is 0 Å². The molecule has 1 atom stereocenters. The molecule has 3 rings (SSSR count). The van der Waals surface area contributed by atoms with Gasteiger partial charge in [-0.15, -0.1) is 0 Å². The Hall–Kier alpha value is -2.01. The highest BCUT2D eigenvalue weighted by molar-refractivity contribution is 5.60. The molecule has 0 fully saturated rings. The maximum absolute atomic E-state index is 5.92. The van der Waals surface area contributed by atoms with E-state index in [0.29, 0.717) is 13.2 Å². The van der Waals surface area contributed by atoms with Gasteiger partial charge in [0.25, 0.3) is 0 Å². The zero-order valence-corrected chi connectivity index (χ0v) is 10.0. The van der Waals surface area contributed by atoms with E-state index in [-0.39, 0.29) is 6.04 Å². The van der Waals surface area contributed by atoms with Crippen molar-refractivity contribution in [1.82, 2.24) is 9.97 Å². The van der Waals surface area contributed by atoms with Gasteiger partial charge in [0, 0.05) is 6.54 Å². The van der Waals surface area contributed by atoms with Crippen LogP contribution >= 0.6 is 0 Å². The summed E-state index contributed by atoms with van der Waals surface area (Å²) >= 11 is 0. The van der Waals surface area contributed by atoms with E-state index in [1.165, 1.54) is 0 Å². The Kier molecular flexibility index (Phi) is 2.90. The van der Waals surface area contributed by atoms with Crippen molar-refractivity contribution in [1.29, 1.82) is 0 Å². The Morgan fingerprint density at radius 3 is 3.11 bits per heavy atom. The molecule has 18 heavy (non-hydrogen) atoms. The third-order valence-corrected chi connectivity index (χ3v) is 3.24. The van der Waals surface area contributed by atoms with Gasteiger partial charge in [-0.3, -0.25) is 0 Å². The third kappa shape index (κ3) is 1.82. The second kappa shape index (κ2) is 4.70. The molecule has 5 nitrogen and oxygen atoms in total. The Morgan fingerprint density at radius 1 is 1.44 bits per heavy atom. The fourth-order valence-corrected chi connectivity index (χ4v) is 2.39. The van der Waals surface area contributed by atoms with E-state index in [1.54, 1.807) is 6.33 Å². The summed E-state index contributed by atoms with van der Waals surface area (Å²) in [7, 11) is 0. The number of aromatic amines is 1. The number of H-pyrrole nitrogens is 1. The number of nitrogens with zero attached hydrogens (tertiary/aromatic N) is 2. The predicted molar refractivity (Wildman–Crippen MR) is 69.7 cm³/mol. The van der Waals surface area contributed by atoms with Crippen molar-refractivity contribution in [2.45, 2.75) is 6.04 Å². The zero-order chi connectivity index (χ0) is 12.4. The summed E-state index contributed by atoms with van der Waals surface area (Å²) in [5, 5.41) is 0. The number of nitrogens with one attached hydrogen (secondary N) is 1. The molecule has 0 saturated carbocycles. The van der Waals surface area contributed by atoms with Crippen molar-refractivity contribution in [3.05, 3.63) is 42.5 Å². The number of hydrogen-bond donors (Lipinski definition) is 2. The minimum absolute atomic E-state index is 0.109. The van der Waals surface area contributed by atoms with Crippen molar-refractivity contribution in [3.8, 4) is 5.75 Å². The molecular weight excluding hydrogens is 228 g/mol. The lowest BCUT2D eigenvalue weighted by atomic mass is 10.1. The SMILES string of the molecule is NC[C@@H](c1cnc[nH]1)N1CCOc2ccccc21. The fourth-order valence-electron chi connectivity index (χ4n) is 2.39. The second-order valence-corrected chi connectivity index (χ2v) is 4.27. The first kappa shape index (κ1) is 11.1. The number of hydrogen-bond acceptors (Lipinski definition) is 4. The van der Waals surface area contributed by atoms with Gasteiger partial charge in [0.05, 0.1) is 36.5 Å². The summed E-state index contributed by atoms with van der Waals surface area (Å²) in [5.41, 5.74) is 8.05. The number of ether oxygens (including phenoxy) is 1. The van der Waals surface area contributed by atoms with Crippen molar-refractivity contribution in [2.24, 2.45) is 5.73 Å². The summed E-state index contributed by atoms with van der Waals surface area (Å²) in [6.45, 7) is 2.05. The number of fused-ring (bicyclic) bond motifs is 1. The highest BCUT2D eigenvalue weighted by Gasteiger charge is 2.25. The van der Waals surface area contributed by atoms with Gasteiger partial charge in [0.1, 0.15) is 12.4 Å². The first-order chi connectivity index (χ1) is 8.90. The standard InChI is InChI=1S/C13H16N4O/c14-7-12(10-8-15-9-16-10)17-5-6-18-13-4-2-1-3-11(13)17/h1-4,8-9,12H,5-7,14H2,(H,15,16)/t12-/m0/s1. The number of imidazole rings is 1. The summed E-state index contributed by atoms with van der Waals surface area (Å²) in [6.07, 6.45) is 3.51.